The number of anilines is 1. The van der Waals surface area contributed by atoms with Crippen LogP contribution in [0.25, 0.3) is 0 Å². The van der Waals surface area contributed by atoms with Crippen LogP contribution in [0, 0.1) is 6.92 Å². The summed E-state index contributed by atoms with van der Waals surface area (Å²) in [5, 5.41) is 0. The number of hydrogen-bond donors (Lipinski definition) is 0. The van der Waals surface area contributed by atoms with Gasteiger partial charge in [0.1, 0.15) is 0 Å². The highest BCUT2D eigenvalue weighted by molar-refractivity contribution is 5.96. The molecule has 1 aromatic rings. The molecular formula is C18H28N2O2. The number of carbonyl (C=O) groups is 1. The first-order chi connectivity index (χ1) is 10.7. The van der Waals surface area contributed by atoms with Crippen LogP contribution >= 0.6 is 0 Å². The van der Waals surface area contributed by atoms with E-state index in [1.807, 2.05) is 12.1 Å². The van der Waals surface area contributed by atoms with Gasteiger partial charge in [-0.2, -0.15) is 0 Å². The maximum atomic E-state index is 12.4. The Kier molecular flexibility index (Phi) is 6.40. The number of hydrogen-bond acceptors (Lipinski definition) is 4. The van der Waals surface area contributed by atoms with E-state index in [9.17, 15) is 4.79 Å². The molecule has 4 nitrogen and oxygen atoms in total. The first kappa shape index (κ1) is 17.0. The SMILES string of the molecule is CCN(CC)c1ccc(C(=O)CCN2CCOCC2)cc1C. The Morgan fingerprint density at radius 3 is 2.50 bits per heavy atom. The lowest BCUT2D eigenvalue weighted by atomic mass is 10.0. The second-order valence-electron chi connectivity index (χ2n) is 5.80. The first-order valence-electron chi connectivity index (χ1n) is 8.34. The molecule has 0 atom stereocenters. The largest absolute Gasteiger partial charge is 0.379 e. The monoisotopic (exact) mass is 304 g/mol. The van der Waals surface area contributed by atoms with E-state index < -0.39 is 0 Å². The zero-order chi connectivity index (χ0) is 15.9. The topological polar surface area (TPSA) is 32.8 Å². The normalized spacial score (nSPS) is 15.8. The van der Waals surface area contributed by atoms with Gasteiger partial charge in [-0.25, -0.2) is 0 Å². The molecule has 0 saturated carbocycles. The summed E-state index contributed by atoms with van der Waals surface area (Å²) in [4.78, 5) is 17.0. The summed E-state index contributed by atoms with van der Waals surface area (Å²) in [5.41, 5.74) is 3.25. The minimum Gasteiger partial charge on any atom is -0.379 e. The molecule has 0 bridgehead atoms. The standard InChI is InChI=1S/C18H28N2O2/c1-4-20(5-2)17-7-6-16(14-15(17)3)18(21)8-9-19-10-12-22-13-11-19/h6-7,14H,4-5,8-13H2,1-3H3. The number of nitrogens with zero attached hydrogens (tertiary/aromatic N) is 2. The molecule has 2 rings (SSSR count). The van der Waals surface area contributed by atoms with Gasteiger partial charge in [-0.05, 0) is 44.5 Å². The maximum absolute atomic E-state index is 12.4. The van der Waals surface area contributed by atoms with Gasteiger partial charge in [0, 0.05) is 50.4 Å². The molecule has 0 spiro atoms. The third kappa shape index (κ3) is 4.31. The van der Waals surface area contributed by atoms with E-state index >= 15 is 0 Å². The molecule has 1 fully saturated rings. The summed E-state index contributed by atoms with van der Waals surface area (Å²) >= 11 is 0. The van der Waals surface area contributed by atoms with Crippen molar-refractivity contribution in [2.75, 3.05) is 50.8 Å². The van der Waals surface area contributed by atoms with Crippen molar-refractivity contribution in [3.8, 4) is 0 Å². The van der Waals surface area contributed by atoms with Gasteiger partial charge < -0.3 is 9.64 Å². The van der Waals surface area contributed by atoms with Gasteiger partial charge in [0.2, 0.25) is 0 Å². The Balaban J connectivity index is 1.96. The fourth-order valence-electron chi connectivity index (χ4n) is 2.98. The van der Waals surface area contributed by atoms with Gasteiger partial charge in [-0.3, -0.25) is 9.69 Å². The van der Waals surface area contributed by atoms with Crippen molar-refractivity contribution in [1.29, 1.82) is 0 Å². The van der Waals surface area contributed by atoms with Crippen LogP contribution in [-0.2, 0) is 4.74 Å². The highest BCUT2D eigenvalue weighted by atomic mass is 16.5. The lowest BCUT2D eigenvalue weighted by molar-refractivity contribution is 0.0370. The summed E-state index contributed by atoms with van der Waals surface area (Å²) in [5.74, 6) is 0.237. The Bertz CT molecular complexity index is 492. The van der Waals surface area contributed by atoms with Gasteiger partial charge >= 0.3 is 0 Å². The molecular weight excluding hydrogens is 276 g/mol. The molecule has 0 N–H and O–H groups in total. The van der Waals surface area contributed by atoms with Crippen LogP contribution in [-0.4, -0.2) is 56.6 Å². The second-order valence-corrected chi connectivity index (χ2v) is 5.80. The third-order valence-electron chi connectivity index (χ3n) is 4.38. The van der Waals surface area contributed by atoms with E-state index in [0.717, 1.165) is 51.5 Å². The first-order valence-corrected chi connectivity index (χ1v) is 8.34. The third-order valence-corrected chi connectivity index (χ3v) is 4.38. The number of morpholine rings is 1. The Morgan fingerprint density at radius 2 is 1.91 bits per heavy atom. The summed E-state index contributed by atoms with van der Waals surface area (Å²) < 4.78 is 5.33. The van der Waals surface area contributed by atoms with Crippen molar-refractivity contribution in [1.82, 2.24) is 4.90 Å². The van der Waals surface area contributed by atoms with Crippen LogP contribution in [0.4, 0.5) is 5.69 Å². The van der Waals surface area contributed by atoms with Crippen molar-refractivity contribution in [2.24, 2.45) is 0 Å². The molecule has 0 aromatic heterocycles. The molecule has 1 aliphatic heterocycles. The van der Waals surface area contributed by atoms with E-state index in [0.29, 0.717) is 6.42 Å². The Morgan fingerprint density at radius 1 is 1.23 bits per heavy atom. The van der Waals surface area contributed by atoms with Crippen LogP contribution < -0.4 is 4.90 Å². The lowest BCUT2D eigenvalue weighted by Gasteiger charge is -2.26. The van der Waals surface area contributed by atoms with Crippen LogP contribution in [0.15, 0.2) is 18.2 Å². The second kappa shape index (κ2) is 8.30. The summed E-state index contributed by atoms with van der Waals surface area (Å²) in [6.07, 6.45) is 0.587. The molecule has 0 unspecified atom stereocenters. The van der Waals surface area contributed by atoms with E-state index in [-0.39, 0.29) is 5.78 Å². The quantitative estimate of drug-likeness (QED) is 0.725. The van der Waals surface area contributed by atoms with Crippen LogP contribution in [0.1, 0.15) is 36.2 Å². The molecule has 122 valence electrons. The van der Waals surface area contributed by atoms with E-state index in [2.05, 4.69) is 36.6 Å². The number of Topliss-reactive ketones (excluding diaryl/α,β-unsaturated/α-hetero) is 1. The molecule has 1 aliphatic rings. The van der Waals surface area contributed by atoms with Gasteiger partial charge in [0.05, 0.1) is 13.2 Å². The molecule has 1 saturated heterocycles. The fourth-order valence-corrected chi connectivity index (χ4v) is 2.98. The number of carbonyl (C=O) groups excluding carboxylic acids is 1. The van der Waals surface area contributed by atoms with E-state index in [1.54, 1.807) is 0 Å². The minimum atomic E-state index is 0.237. The maximum Gasteiger partial charge on any atom is 0.164 e. The summed E-state index contributed by atoms with van der Waals surface area (Å²) in [6, 6.07) is 6.10. The van der Waals surface area contributed by atoms with E-state index in [4.69, 9.17) is 4.74 Å². The van der Waals surface area contributed by atoms with Crippen molar-refractivity contribution in [2.45, 2.75) is 27.2 Å². The minimum absolute atomic E-state index is 0.237. The molecule has 0 aliphatic carbocycles. The summed E-state index contributed by atoms with van der Waals surface area (Å²) in [6.45, 7) is 12.7. The van der Waals surface area contributed by atoms with E-state index in [1.165, 1.54) is 11.3 Å². The smallest absolute Gasteiger partial charge is 0.164 e. The molecule has 0 radical (unpaired) electrons. The number of aryl methyl sites for hydroxylation is 1. The molecule has 1 heterocycles. The van der Waals surface area contributed by atoms with Crippen molar-refractivity contribution >= 4 is 11.5 Å². The average Bonchev–Trinajstić information content (AvgIpc) is 2.56. The van der Waals surface area contributed by atoms with Crippen molar-refractivity contribution in [3.63, 3.8) is 0 Å². The Labute approximate surface area is 134 Å². The predicted octanol–water partition coefficient (Wildman–Crippen LogP) is 2.75. The molecule has 1 aromatic carbocycles. The number of rotatable bonds is 7. The number of ether oxygens (including phenoxy) is 1. The molecule has 22 heavy (non-hydrogen) atoms. The molecule has 4 heteroatoms. The van der Waals surface area contributed by atoms with Crippen LogP contribution in [0.3, 0.4) is 0 Å². The highest BCUT2D eigenvalue weighted by Crippen LogP contribution is 2.21. The Hall–Kier alpha value is -1.39. The van der Waals surface area contributed by atoms with Crippen LogP contribution in [0.5, 0.6) is 0 Å². The van der Waals surface area contributed by atoms with Gasteiger partial charge in [0.15, 0.2) is 5.78 Å². The number of benzene rings is 1. The average molecular weight is 304 g/mol. The van der Waals surface area contributed by atoms with Crippen LogP contribution in [0.2, 0.25) is 0 Å². The molecule has 0 amide bonds. The fraction of sp³-hybridized carbons (Fsp3) is 0.611. The zero-order valence-electron chi connectivity index (χ0n) is 14.1. The van der Waals surface area contributed by atoms with Crippen molar-refractivity contribution in [3.05, 3.63) is 29.3 Å². The zero-order valence-corrected chi connectivity index (χ0v) is 14.1. The summed E-state index contributed by atoms with van der Waals surface area (Å²) in [7, 11) is 0. The number of ketones is 1. The van der Waals surface area contributed by atoms with Gasteiger partial charge in [0.25, 0.3) is 0 Å². The van der Waals surface area contributed by atoms with Crippen molar-refractivity contribution < 1.29 is 9.53 Å². The van der Waals surface area contributed by atoms with Gasteiger partial charge in [-0.1, -0.05) is 0 Å². The lowest BCUT2D eigenvalue weighted by Crippen LogP contribution is -2.37. The highest BCUT2D eigenvalue weighted by Gasteiger charge is 2.14. The van der Waals surface area contributed by atoms with Gasteiger partial charge in [-0.15, -0.1) is 0 Å². The predicted molar refractivity (Wildman–Crippen MR) is 90.9 cm³/mol.